The van der Waals surface area contributed by atoms with Gasteiger partial charge in [-0.05, 0) is 61.0 Å². The van der Waals surface area contributed by atoms with Gasteiger partial charge in [0.1, 0.15) is 0 Å². The maximum atomic E-state index is 12.8. The number of benzene rings is 3. The summed E-state index contributed by atoms with van der Waals surface area (Å²) in [5.74, 6) is 0.147. The number of hydrogen-bond donors (Lipinski definition) is 1. The second-order valence-corrected chi connectivity index (χ2v) is 12.4. The summed E-state index contributed by atoms with van der Waals surface area (Å²) in [4.78, 5) is 0.867. The number of halogens is 2. The highest BCUT2D eigenvalue weighted by atomic mass is 35.5. The first-order valence-corrected chi connectivity index (χ1v) is 14.0. The number of sulfonamides is 1. The topological polar surface area (TPSA) is 80.3 Å². The molecule has 0 aliphatic heterocycles. The average molecular weight is 516 g/mol. The highest BCUT2D eigenvalue weighted by molar-refractivity contribution is 8.01. The van der Waals surface area contributed by atoms with E-state index in [1.54, 1.807) is 37.3 Å². The van der Waals surface area contributed by atoms with Gasteiger partial charge in [-0.1, -0.05) is 41.4 Å². The number of thioether (sulfide) groups is 1. The molecule has 31 heavy (non-hydrogen) atoms. The summed E-state index contributed by atoms with van der Waals surface area (Å²) in [5, 5.41) is 0.822. The van der Waals surface area contributed by atoms with E-state index < -0.39 is 19.9 Å². The van der Waals surface area contributed by atoms with Gasteiger partial charge < -0.3 is 0 Å². The van der Waals surface area contributed by atoms with Gasteiger partial charge in [0, 0.05) is 20.7 Å². The predicted molar refractivity (Wildman–Crippen MR) is 128 cm³/mol. The molecule has 0 aromatic heterocycles. The molecule has 0 saturated carbocycles. The van der Waals surface area contributed by atoms with Crippen LogP contribution in [0.1, 0.15) is 5.56 Å². The first-order valence-electron chi connectivity index (χ1n) is 9.08. The third kappa shape index (κ3) is 6.17. The van der Waals surface area contributed by atoms with Gasteiger partial charge in [-0.2, -0.15) is 0 Å². The number of sulfone groups is 1. The fraction of sp³-hybridized carbons (Fsp3) is 0.143. The Morgan fingerprint density at radius 3 is 2.19 bits per heavy atom. The van der Waals surface area contributed by atoms with E-state index in [4.69, 9.17) is 23.2 Å². The van der Waals surface area contributed by atoms with E-state index in [0.717, 1.165) is 5.56 Å². The molecule has 3 aromatic rings. The van der Waals surface area contributed by atoms with Crippen LogP contribution in [0.25, 0.3) is 0 Å². The third-order valence-electron chi connectivity index (χ3n) is 4.37. The third-order valence-corrected chi connectivity index (χ3v) is 9.46. The number of nitrogens with one attached hydrogen (secondary N) is 1. The summed E-state index contributed by atoms with van der Waals surface area (Å²) in [6.07, 6.45) is 0. The van der Waals surface area contributed by atoms with Crippen molar-refractivity contribution in [3.63, 3.8) is 0 Å². The van der Waals surface area contributed by atoms with Crippen molar-refractivity contribution in [1.29, 1.82) is 0 Å². The molecule has 3 rings (SSSR count). The molecule has 3 aromatic carbocycles. The Hall–Kier alpha value is -1.71. The van der Waals surface area contributed by atoms with E-state index in [9.17, 15) is 16.8 Å². The second-order valence-electron chi connectivity index (χ2n) is 6.63. The van der Waals surface area contributed by atoms with Crippen LogP contribution in [0, 0.1) is 6.92 Å². The molecule has 5 nitrogen and oxygen atoms in total. The lowest BCUT2D eigenvalue weighted by atomic mass is 10.2. The standard InChI is InChI=1S/C21H19Cl2NO4S3/c1-15-6-9-18(14-19(15)23)31(27,28)24-20-4-2-3-5-21(20)29-12-13-30(25,26)17-10-7-16(22)8-11-17/h2-11,14,24H,12-13H2,1H3. The summed E-state index contributed by atoms with van der Waals surface area (Å²) in [6.45, 7) is 1.79. The van der Waals surface area contributed by atoms with Crippen LogP contribution in [-0.4, -0.2) is 28.3 Å². The molecule has 164 valence electrons. The monoisotopic (exact) mass is 515 g/mol. The van der Waals surface area contributed by atoms with Crippen molar-refractivity contribution in [2.75, 3.05) is 16.2 Å². The Morgan fingerprint density at radius 2 is 1.52 bits per heavy atom. The van der Waals surface area contributed by atoms with Gasteiger partial charge in [0.15, 0.2) is 9.84 Å². The SMILES string of the molecule is Cc1ccc(S(=O)(=O)Nc2ccccc2SCCS(=O)(=O)c2ccc(Cl)cc2)cc1Cl. The molecule has 0 radical (unpaired) electrons. The fourth-order valence-electron chi connectivity index (χ4n) is 2.64. The Morgan fingerprint density at radius 1 is 0.871 bits per heavy atom. The minimum absolute atomic E-state index is 0.0493. The molecule has 0 amide bonds. The van der Waals surface area contributed by atoms with Crippen molar-refractivity contribution < 1.29 is 16.8 Å². The molecule has 0 atom stereocenters. The first kappa shape index (κ1) is 23.9. The van der Waals surface area contributed by atoms with Gasteiger partial charge in [0.05, 0.1) is 21.2 Å². The van der Waals surface area contributed by atoms with Crippen LogP contribution in [0.2, 0.25) is 10.0 Å². The van der Waals surface area contributed by atoms with Crippen LogP contribution in [0.5, 0.6) is 0 Å². The molecule has 0 spiro atoms. The second kappa shape index (κ2) is 9.83. The summed E-state index contributed by atoms with van der Waals surface area (Å²) >= 11 is 13.1. The quantitative estimate of drug-likeness (QED) is 0.391. The van der Waals surface area contributed by atoms with E-state index in [-0.39, 0.29) is 21.3 Å². The van der Waals surface area contributed by atoms with Crippen LogP contribution in [0.3, 0.4) is 0 Å². The smallest absolute Gasteiger partial charge is 0.261 e. The van der Waals surface area contributed by atoms with Crippen molar-refractivity contribution >= 4 is 60.5 Å². The number of hydrogen-bond acceptors (Lipinski definition) is 5. The molecule has 0 fully saturated rings. The molecule has 0 aliphatic carbocycles. The highest BCUT2D eigenvalue weighted by Crippen LogP contribution is 2.30. The van der Waals surface area contributed by atoms with E-state index in [1.165, 1.54) is 48.2 Å². The van der Waals surface area contributed by atoms with Crippen molar-refractivity contribution in [1.82, 2.24) is 0 Å². The number of aryl methyl sites for hydroxylation is 1. The summed E-state index contributed by atoms with van der Waals surface area (Å²) < 4.78 is 53.1. The Labute approximate surface area is 196 Å². The summed E-state index contributed by atoms with van der Waals surface area (Å²) in [5.41, 5.74) is 1.14. The van der Waals surface area contributed by atoms with Crippen molar-refractivity contribution in [2.45, 2.75) is 21.6 Å². The van der Waals surface area contributed by atoms with Crippen LogP contribution in [-0.2, 0) is 19.9 Å². The van der Waals surface area contributed by atoms with E-state index in [0.29, 0.717) is 20.6 Å². The minimum Gasteiger partial charge on any atom is -0.278 e. The van der Waals surface area contributed by atoms with Gasteiger partial charge >= 0.3 is 0 Å². The lowest BCUT2D eigenvalue weighted by Gasteiger charge is -2.13. The molecule has 0 aliphatic rings. The predicted octanol–water partition coefficient (Wildman–Crippen LogP) is 5.67. The van der Waals surface area contributed by atoms with Crippen LogP contribution >= 0.6 is 35.0 Å². The lowest BCUT2D eigenvalue weighted by molar-refractivity contribution is 0.597. The normalized spacial score (nSPS) is 12.0. The molecule has 0 saturated heterocycles. The van der Waals surface area contributed by atoms with E-state index in [2.05, 4.69) is 4.72 Å². The van der Waals surface area contributed by atoms with Gasteiger partial charge in [-0.3, -0.25) is 4.72 Å². The maximum absolute atomic E-state index is 12.8. The molecular formula is C21H19Cl2NO4S3. The summed E-state index contributed by atoms with van der Waals surface area (Å²) in [6, 6.07) is 17.3. The lowest BCUT2D eigenvalue weighted by Crippen LogP contribution is -2.14. The zero-order valence-electron chi connectivity index (χ0n) is 16.4. The molecule has 1 N–H and O–H groups in total. The van der Waals surface area contributed by atoms with Crippen LogP contribution < -0.4 is 4.72 Å². The summed E-state index contributed by atoms with van der Waals surface area (Å²) in [7, 11) is -7.33. The first-order chi connectivity index (χ1) is 14.6. The van der Waals surface area contributed by atoms with Crippen LogP contribution in [0.4, 0.5) is 5.69 Å². The van der Waals surface area contributed by atoms with E-state index in [1.807, 2.05) is 0 Å². The zero-order valence-corrected chi connectivity index (χ0v) is 20.3. The number of para-hydroxylation sites is 1. The highest BCUT2D eigenvalue weighted by Gasteiger charge is 2.18. The molecule has 0 unspecified atom stereocenters. The fourth-order valence-corrected chi connectivity index (χ4v) is 6.85. The molecular weight excluding hydrogens is 497 g/mol. The molecule has 0 heterocycles. The zero-order chi connectivity index (χ0) is 22.6. The maximum Gasteiger partial charge on any atom is 0.261 e. The Bertz CT molecular complexity index is 1290. The minimum atomic E-state index is -3.85. The van der Waals surface area contributed by atoms with Crippen LogP contribution in [0.15, 0.2) is 81.4 Å². The van der Waals surface area contributed by atoms with Gasteiger partial charge in [-0.15, -0.1) is 11.8 Å². The van der Waals surface area contributed by atoms with E-state index >= 15 is 0 Å². The van der Waals surface area contributed by atoms with Crippen molar-refractivity contribution in [2.24, 2.45) is 0 Å². The largest absolute Gasteiger partial charge is 0.278 e. The Balaban J connectivity index is 1.73. The molecule has 10 heteroatoms. The van der Waals surface area contributed by atoms with Gasteiger partial charge in [-0.25, -0.2) is 16.8 Å². The van der Waals surface area contributed by atoms with Crippen molar-refractivity contribution in [3.8, 4) is 0 Å². The Kier molecular flexibility index (Phi) is 7.59. The average Bonchev–Trinajstić information content (AvgIpc) is 2.71. The van der Waals surface area contributed by atoms with Gasteiger partial charge in [0.2, 0.25) is 0 Å². The number of rotatable bonds is 8. The molecule has 0 bridgehead atoms. The van der Waals surface area contributed by atoms with Gasteiger partial charge in [0.25, 0.3) is 10.0 Å². The van der Waals surface area contributed by atoms with Crippen molar-refractivity contribution in [3.05, 3.63) is 82.3 Å². The number of anilines is 1.